The van der Waals surface area contributed by atoms with Crippen LogP contribution in [0.15, 0.2) is 24.3 Å². The lowest BCUT2D eigenvalue weighted by Gasteiger charge is -2.12. The Labute approximate surface area is 135 Å². The minimum atomic E-state index is 0.189. The number of carbonyl (C=O) groups is 1. The van der Waals surface area contributed by atoms with E-state index in [1.807, 2.05) is 0 Å². The van der Waals surface area contributed by atoms with Crippen LogP contribution < -0.4 is 0 Å². The van der Waals surface area contributed by atoms with Gasteiger partial charge in [-0.25, -0.2) is 0 Å². The Hall–Kier alpha value is -0.440. The van der Waals surface area contributed by atoms with E-state index in [4.69, 9.17) is 58.0 Å². The van der Waals surface area contributed by atoms with Gasteiger partial charge in [0.15, 0.2) is 6.29 Å². The second-order valence-corrected chi connectivity index (χ2v) is 5.70. The minimum Gasteiger partial charge on any atom is -0.298 e. The van der Waals surface area contributed by atoms with E-state index in [0.717, 1.165) is 0 Å². The zero-order valence-electron chi connectivity index (χ0n) is 9.18. The maximum absolute atomic E-state index is 11.1. The first-order chi connectivity index (χ1) is 8.95. The maximum Gasteiger partial charge on any atom is 0.150 e. The van der Waals surface area contributed by atoms with E-state index >= 15 is 0 Å². The number of hydrogen-bond donors (Lipinski definition) is 0. The van der Waals surface area contributed by atoms with E-state index in [1.54, 1.807) is 12.1 Å². The van der Waals surface area contributed by atoms with Gasteiger partial charge in [0.25, 0.3) is 0 Å². The van der Waals surface area contributed by atoms with Crippen LogP contribution in [0.5, 0.6) is 0 Å². The Bertz CT molecular complexity index is 667. The summed E-state index contributed by atoms with van der Waals surface area (Å²) in [5.74, 6) is 0. The molecular formula is C13H5Cl5O. The molecule has 0 fully saturated rings. The average Bonchev–Trinajstić information content (AvgIpc) is 2.37. The van der Waals surface area contributed by atoms with Crippen LogP contribution in [0.4, 0.5) is 0 Å². The summed E-state index contributed by atoms with van der Waals surface area (Å²) in [6, 6.07) is 6.30. The van der Waals surface area contributed by atoms with Gasteiger partial charge >= 0.3 is 0 Å². The molecule has 0 atom stereocenters. The SMILES string of the molecule is O=Cc1cc(Cl)ccc1-c1c(Cl)cc(Cl)c(Cl)c1Cl. The lowest BCUT2D eigenvalue weighted by atomic mass is 10.0. The number of halogens is 5. The van der Waals surface area contributed by atoms with Gasteiger partial charge in [-0.15, -0.1) is 0 Å². The third-order valence-corrected chi connectivity index (χ3v) is 4.32. The Morgan fingerprint density at radius 3 is 2.16 bits per heavy atom. The van der Waals surface area contributed by atoms with Crippen molar-refractivity contribution in [1.82, 2.24) is 0 Å². The van der Waals surface area contributed by atoms with E-state index in [9.17, 15) is 4.79 Å². The topological polar surface area (TPSA) is 17.1 Å². The van der Waals surface area contributed by atoms with Crippen molar-refractivity contribution in [3.8, 4) is 11.1 Å². The monoisotopic (exact) mass is 352 g/mol. The van der Waals surface area contributed by atoms with E-state index in [1.165, 1.54) is 12.1 Å². The van der Waals surface area contributed by atoms with Gasteiger partial charge in [0.05, 0.1) is 20.1 Å². The van der Waals surface area contributed by atoms with Crippen LogP contribution >= 0.6 is 58.0 Å². The zero-order chi connectivity index (χ0) is 14.2. The second-order valence-electron chi connectivity index (χ2n) is 3.69. The zero-order valence-corrected chi connectivity index (χ0v) is 13.0. The number of rotatable bonds is 2. The van der Waals surface area contributed by atoms with Gasteiger partial charge in [0.2, 0.25) is 0 Å². The van der Waals surface area contributed by atoms with Crippen LogP contribution in [0.1, 0.15) is 10.4 Å². The first-order valence-electron chi connectivity index (χ1n) is 5.03. The highest BCUT2D eigenvalue weighted by Crippen LogP contribution is 2.44. The fourth-order valence-corrected chi connectivity index (χ4v) is 2.97. The predicted octanol–water partition coefficient (Wildman–Crippen LogP) is 6.43. The fraction of sp³-hybridized carbons (Fsp3) is 0. The van der Waals surface area contributed by atoms with E-state index in [2.05, 4.69) is 0 Å². The average molecular weight is 354 g/mol. The standard InChI is InChI=1S/C13H5Cl5O/c14-7-1-2-8(6(3-7)5-19)11-9(15)4-10(16)12(17)13(11)18/h1-5H. The van der Waals surface area contributed by atoms with Crippen LogP contribution in [0.2, 0.25) is 25.1 Å². The van der Waals surface area contributed by atoms with E-state index in [-0.39, 0.29) is 15.1 Å². The molecule has 0 saturated heterocycles. The van der Waals surface area contributed by atoms with Crippen LogP contribution in [0.25, 0.3) is 11.1 Å². The lowest BCUT2D eigenvalue weighted by Crippen LogP contribution is -1.91. The number of hydrogen-bond acceptors (Lipinski definition) is 1. The van der Waals surface area contributed by atoms with Gasteiger partial charge in [-0.05, 0) is 23.8 Å². The van der Waals surface area contributed by atoms with Gasteiger partial charge in [-0.3, -0.25) is 4.79 Å². The van der Waals surface area contributed by atoms with Gasteiger partial charge < -0.3 is 0 Å². The Kier molecular flexibility index (Phi) is 4.65. The molecule has 0 aromatic heterocycles. The van der Waals surface area contributed by atoms with E-state index < -0.39 is 0 Å². The maximum atomic E-state index is 11.1. The Balaban J connectivity index is 2.79. The highest BCUT2D eigenvalue weighted by Gasteiger charge is 2.17. The van der Waals surface area contributed by atoms with Crippen molar-refractivity contribution < 1.29 is 4.79 Å². The van der Waals surface area contributed by atoms with Crippen LogP contribution in [-0.2, 0) is 0 Å². The van der Waals surface area contributed by atoms with Crippen molar-refractivity contribution in [1.29, 1.82) is 0 Å². The summed E-state index contributed by atoms with van der Waals surface area (Å²) in [7, 11) is 0. The highest BCUT2D eigenvalue weighted by atomic mass is 35.5. The smallest absolute Gasteiger partial charge is 0.150 e. The number of aldehydes is 1. The van der Waals surface area contributed by atoms with Gasteiger partial charge in [0.1, 0.15) is 0 Å². The molecule has 0 saturated carbocycles. The summed E-state index contributed by atoms with van der Waals surface area (Å²) in [4.78, 5) is 11.1. The molecule has 0 spiro atoms. The molecule has 2 aromatic rings. The molecule has 2 aromatic carbocycles. The van der Waals surface area contributed by atoms with Gasteiger partial charge in [-0.2, -0.15) is 0 Å². The summed E-state index contributed by atoms with van der Waals surface area (Å²) in [5.41, 5.74) is 1.37. The molecule has 0 N–H and O–H groups in total. The molecule has 98 valence electrons. The molecular weight excluding hydrogens is 349 g/mol. The quantitative estimate of drug-likeness (QED) is 0.345. The summed E-state index contributed by atoms with van der Waals surface area (Å²) in [6.45, 7) is 0. The molecule has 2 rings (SSSR count). The first-order valence-corrected chi connectivity index (χ1v) is 6.92. The Morgan fingerprint density at radius 2 is 1.53 bits per heavy atom. The van der Waals surface area contributed by atoms with Crippen molar-refractivity contribution in [3.05, 3.63) is 54.9 Å². The van der Waals surface area contributed by atoms with Crippen LogP contribution in [0.3, 0.4) is 0 Å². The highest BCUT2D eigenvalue weighted by molar-refractivity contribution is 6.51. The molecule has 1 nitrogen and oxygen atoms in total. The second kappa shape index (κ2) is 5.90. The normalized spacial score (nSPS) is 10.6. The predicted molar refractivity (Wildman–Crippen MR) is 82.3 cm³/mol. The van der Waals surface area contributed by atoms with Crippen LogP contribution in [-0.4, -0.2) is 6.29 Å². The lowest BCUT2D eigenvalue weighted by molar-refractivity contribution is 0.112. The summed E-state index contributed by atoms with van der Waals surface area (Å²) < 4.78 is 0. The molecule has 0 unspecified atom stereocenters. The third kappa shape index (κ3) is 2.86. The fourth-order valence-electron chi connectivity index (χ4n) is 1.67. The largest absolute Gasteiger partial charge is 0.298 e. The third-order valence-electron chi connectivity index (χ3n) is 2.52. The van der Waals surface area contributed by atoms with Crippen molar-refractivity contribution in [3.63, 3.8) is 0 Å². The minimum absolute atomic E-state index is 0.189. The number of benzene rings is 2. The molecule has 19 heavy (non-hydrogen) atoms. The molecule has 0 bridgehead atoms. The van der Waals surface area contributed by atoms with Gasteiger partial charge in [-0.1, -0.05) is 64.1 Å². The molecule has 0 aliphatic rings. The Morgan fingerprint density at radius 1 is 0.842 bits per heavy atom. The van der Waals surface area contributed by atoms with Crippen molar-refractivity contribution in [2.45, 2.75) is 0 Å². The van der Waals surface area contributed by atoms with Gasteiger partial charge in [0, 0.05) is 16.1 Å². The van der Waals surface area contributed by atoms with Crippen molar-refractivity contribution in [2.24, 2.45) is 0 Å². The molecule has 6 heteroatoms. The van der Waals surface area contributed by atoms with Crippen LogP contribution in [0, 0.1) is 0 Å². The van der Waals surface area contributed by atoms with Crippen molar-refractivity contribution >= 4 is 64.3 Å². The molecule has 0 heterocycles. The summed E-state index contributed by atoms with van der Waals surface area (Å²) >= 11 is 30.0. The molecule has 0 aliphatic carbocycles. The molecule has 0 radical (unpaired) electrons. The summed E-state index contributed by atoms with van der Waals surface area (Å²) in [5, 5.41) is 1.39. The number of carbonyl (C=O) groups excluding carboxylic acids is 1. The first kappa shape index (κ1) is 15.0. The molecule has 0 amide bonds. The van der Waals surface area contributed by atoms with Crippen molar-refractivity contribution in [2.75, 3.05) is 0 Å². The molecule has 0 aliphatic heterocycles. The summed E-state index contributed by atoms with van der Waals surface area (Å²) in [6.07, 6.45) is 0.677. The van der Waals surface area contributed by atoms with E-state index in [0.29, 0.717) is 33.0 Å².